The first-order valence-electron chi connectivity index (χ1n) is 6.84. The van der Waals surface area contributed by atoms with Crippen LogP contribution in [0.4, 0.5) is 5.95 Å². The number of sulfonamides is 1. The van der Waals surface area contributed by atoms with Crippen LogP contribution < -0.4 is 16.0 Å². The lowest BCUT2D eigenvalue weighted by Crippen LogP contribution is -2.38. The van der Waals surface area contributed by atoms with E-state index in [4.69, 9.17) is 5.84 Å². The van der Waals surface area contributed by atoms with Crippen molar-refractivity contribution in [1.29, 1.82) is 0 Å². The zero-order valence-corrected chi connectivity index (χ0v) is 12.4. The number of nitrogens with one attached hydrogen (secondary N) is 2. The van der Waals surface area contributed by atoms with Crippen molar-refractivity contribution in [3.63, 3.8) is 0 Å². The minimum atomic E-state index is -3.58. The molecule has 112 valence electrons. The van der Waals surface area contributed by atoms with E-state index in [-0.39, 0.29) is 16.9 Å². The van der Waals surface area contributed by atoms with E-state index in [9.17, 15) is 8.42 Å². The van der Waals surface area contributed by atoms with Crippen LogP contribution in [0.15, 0.2) is 17.3 Å². The summed E-state index contributed by atoms with van der Waals surface area (Å²) >= 11 is 0. The quantitative estimate of drug-likeness (QED) is 0.553. The number of anilines is 1. The molecule has 1 unspecified atom stereocenters. The SMILES string of the molecule is CC(NS(=O)(=O)c1cnc(NN)nc1)C1CCCCC1. The van der Waals surface area contributed by atoms with Crippen LogP contribution in [0.25, 0.3) is 0 Å². The highest BCUT2D eigenvalue weighted by atomic mass is 32.2. The second kappa shape index (κ2) is 6.47. The first kappa shape index (κ1) is 15.1. The van der Waals surface area contributed by atoms with Crippen LogP contribution in [0, 0.1) is 5.92 Å². The van der Waals surface area contributed by atoms with Gasteiger partial charge in [0.2, 0.25) is 16.0 Å². The molecule has 2 rings (SSSR count). The van der Waals surface area contributed by atoms with Crippen molar-refractivity contribution in [3.05, 3.63) is 12.4 Å². The molecule has 1 aliphatic carbocycles. The van der Waals surface area contributed by atoms with E-state index >= 15 is 0 Å². The molecule has 1 heterocycles. The van der Waals surface area contributed by atoms with Crippen molar-refractivity contribution in [3.8, 4) is 0 Å². The summed E-state index contributed by atoms with van der Waals surface area (Å²) in [6, 6.07) is -0.0763. The summed E-state index contributed by atoms with van der Waals surface area (Å²) < 4.78 is 27.2. The van der Waals surface area contributed by atoms with Gasteiger partial charge in [-0.3, -0.25) is 5.43 Å². The molecule has 0 aromatic carbocycles. The summed E-state index contributed by atoms with van der Waals surface area (Å²) in [6.07, 6.45) is 8.26. The summed E-state index contributed by atoms with van der Waals surface area (Å²) in [7, 11) is -3.58. The van der Waals surface area contributed by atoms with E-state index in [1.54, 1.807) is 0 Å². The summed E-state index contributed by atoms with van der Waals surface area (Å²) in [6.45, 7) is 1.92. The van der Waals surface area contributed by atoms with Crippen molar-refractivity contribution >= 4 is 16.0 Å². The van der Waals surface area contributed by atoms with Gasteiger partial charge in [-0.15, -0.1) is 0 Å². The number of hydrazine groups is 1. The van der Waals surface area contributed by atoms with E-state index < -0.39 is 10.0 Å². The molecular weight excluding hydrogens is 278 g/mol. The lowest BCUT2D eigenvalue weighted by molar-refractivity contribution is 0.303. The number of hydrogen-bond donors (Lipinski definition) is 3. The van der Waals surface area contributed by atoms with Gasteiger partial charge in [0.05, 0.1) is 12.4 Å². The largest absolute Gasteiger partial charge is 0.292 e. The fraction of sp³-hybridized carbons (Fsp3) is 0.667. The van der Waals surface area contributed by atoms with Crippen LogP contribution in [0.5, 0.6) is 0 Å². The van der Waals surface area contributed by atoms with Crippen LogP contribution in [-0.4, -0.2) is 24.4 Å². The summed E-state index contributed by atoms with van der Waals surface area (Å²) in [5.41, 5.74) is 2.26. The van der Waals surface area contributed by atoms with Crippen molar-refractivity contribution in [1.82, 2.24) is 14.7 Å². The number of nitrogen functional groups attached to an aromatic ring is 1. The Bertz CT molecular complexity index is 525. The summed E-state index contributed by atoms with van der Waals surface area (Å²) in [5, 5.41) is 0. The second-order valence-corrected chi connectivity index (χ2v) is 6.91. The number of aromatic nitrogens is 2. The van der Waals surface area contributed by atoms with Crippen LogP contribution >= 0.6 is 0 Å². The van der Waals surface area contributed by atoms with E-state index in [1.807, 2.05) is 6.92 Å². The maximum Gasteiger partial charge on any atom is 0.243 e. The van der Waals surface area contributed by atoms with Gasteiger partial charge in [0.25, 0.3) is 0 Å². The molecule has 7 nitrogen and oxygen atoms in total. The molecule has 0 saturated heterocycles. The maximum atomic E-state index is 12.2. The number of hydrogen-bond acceptors (Lipinski definition) is 6. The zero-order chi connectivity index (χ0) is 14.6. The number of rotatable bonds is 5. The molecule has 1 aromatic rings. The van der Waals surface area contributed by atoms with Gasteiger partial charge in [0, 0.05) is 6.04 Å². The van der Waals surface area contributed by atoms with Crippen LogP contribution in [-0.2, 0) is 10.0 Å². The predicted molar refractivity (Wildman–Crippen MR) is 76.2 cm³/mol. The average molecular weight is 299 g/mol. The Hall–Kier alpha value is -1.25. The molecule has 1 saturated carbocycles. The molecule has 0 bridgehead atoms. The van der Waals surface area contributed by atoms with E-state index in [0.29, 0.717) is 5.92 Å². The molecule has 8 heteroatoms. The molecule has 0 spiro atoms. The third-order valence-corrected chi connectivity index (χ3v) is 5.28. The highest BCUT2D eigenvalue weighted by Gasteiger charge is 2.25. The molecule has 0 aliphatic heterocycles. The van der Waals surface area contributed by atoms with Crippen molar-refractivity contribution in [2.45, 2.75) is 50.0 Å². The summed E-state index contributed by atoms with van der Waals surface area (Å²) in [4.78, 5) is 7.69. The first-order valence-corrected chi connectivity index (χ1v) is 8.32. The fourth-order valence-corrected chi connectivity index (χ4v) is 3.77. The van der Waals surface area contributed by atoms with Crippen molar-refractivity contribution in [2.75, 3.05) is 5.43 Å². The Morgan fingerprint density at radius 3 is 2.40 bits per heavy atom. The third-order valence-electron chi connectivity index (χ3n) is 3.77. The zero-order valence-electron chi connectivity index (χ0n) is 11.5. The van der Waals surface area contributed by atoms with Crippen LogP contribution in [0.3, 0.4) is 0 Å². The monoisotopic (exact) mass is 299 g/mol. The fourth-order valence-electron chi connectivity index (χ4n) is 2.57. The second-order valence-electron chi connectivity index (χ2n) is 5.19. The molecule has 4 N–H and O–H groups in total. The third kappa shape index (κ3) is 3.65. The minimum Gasteiger partial charge on any atom is -0.292 e. The number of nitrogens with zero attached hydrogens (tertiary/aromatic N) is 2. The molecule has 20 heavy (non-hydrogen) atoms. The Morgan fingerprint density at radius 1 is 1.25 bits per heavy atom. The maximum absolute atomic E-state index is 12.2. The molecular formula is C12H21N5O2S. The molecule has 1 atom stereocenters. The van der Waals surface area contributed by atoms with Crippen molar-refractivity contribution < 1.29 is 8.42 Å². The first-order chi connectivity index (χ1) is 9.53. The smallest absolute Gasteiger partial charge is 0.243 e. The molecule has 0 radical (unpaired) electrons. The van der Waals surface area contributed by atoms with E-state index in [2.05, 4.69) is 20.1 Å². The molecule has 1 aliphatic rings. The topological polar surface area (TPSA) is 110 Å². The van der Waals surface area contributed by atoms with Crippen LogP contribution in [0.2, 0.25) is 0 Å². The Balaban J connectivity index is 2.05. The predicted octanol–water partition coefficient (Wildman–Crippen LogP) is 1.01. The van der Waals surface area contributed by atoms with Crippen molar-refractivity contribution in [2.24, 2.45) is 11.8 Å². The van der Waals surface area contributed by atoms with Gasteiger partial charge >= 0.3 is 0 Å². The summed E-state index contributed by atoms with van der Waals surface area (Å²) in [5.74, 6) is 5.74. The highest BCUT2D eigenvalue weighted by Crippen LogP contribution is 2.27. The lowest BCUT2D eigenvalue weighted by atomic mass is 9.85. The minimum absolute atomic E-state index is 0.0548. The Labute approximate surface area is 119 Å². The number of nitrogens with two attached hydrogens (primary N) is 1. The normalized spacial score (nSPS) is 18.7. The molecule has 0 amide bonds. The van der Waals surface area contributed by atoms with Gasteiger partial charge in [0.15, 0.2) is 0 Å². The van der Waals surface area contributed by atoms with Crippen LogP contribution in [0.1, 0.15) is 39.0 Å². The average Bonchev–Trinajstić information content (AvgIpc) is 2.48. The van der Waals surface area contributed by atoms with Gasteiger partial charge in [-0.25, -0.2) is 29.0 Å². The van der Waals surface area contributed by atoms with Gasteiger partial charge in [-0.2, -0.15) is 0 Å². The van der Waals surface area contributed by atoms with E-state index in [1.165, 1.54) is 31.7 Å². The van der Waals surface area contributed by atoms with Gasteiger partial charge in [-0.1, -0.05) is 19.3 Å². The van der Waals surface area contributed by atoms with Gasteiger partial charge < -0.3 is 0 Å². The standard InChI is InChI=1S/C12H21N5O2S/c1-9(10-5-3-2-4-6-10)17-20(18,19)11-7-14-12(16-13)15-8-11/h7-10,17H,2-6,13H2,1H3,(H,14,15,16). The molecule has 1 aromatic heterocycles. The van der Waals surface area contributed by atoms with Gasteiger partial charge in [-0.05, 0) is 25.7 Å². The molecule has 1 fully saturated rings. The Kier molecular flexibility index (Phi) is 4.90. The van der Waals surface area contributed by atoms with Gasteiger partial charge in [0.1, 0.15) is 4.90 Å². The highest BCUT2D eigenvalue weighted by molar-refractivity contribution is 7.89. The Morgan fingerprint density at radius 2 is 1.85 bits per heavy atom. The lowest BCUT2D eigenvalue weighted by Gasteiger charge is -2.28. The van der Waals surface area contributed by atoms with E-state index in [0.717, 1.165) is 12.8 Å².